The van der Waals surface area contributed by atoms with Gasteiger partial charge in [-0.15, -0.1) is 0 Å². The Morgan fingerprint density at radius 1 is 1.15 bits per heavy atom. The van der Waals surface area contributed by atoms with E-state index in [0.717, 1.165) is 34.9 Å². The van der Waals surface area contributed by atoms with Gasteiger partial charge in [-0.1, -0.05) is 13.8 Å². The fraction of sp³-hybridized carbons (Fsp3) is 0.462. The molecule has 8 heteroatoms. The summed E-state index contributed by atoms with van der Waals surface area (Å²) >= 11 is 0. The van der Waals surface area contributed by atoms with Gasteiger partial charge in [0.15, 0.2) is 0 Å². The number of esters is 1. The summed E-state index contributed by atoms with van der Waals surface area (Å²) in [6.07, 6.45) is 5.84. The van der Waals surface area contributed by atoms with Gasteiger partial charge in [0, 0.05) is 24.4 Å². The fourth-order valence-electron chi connectivity index (χ4n) is 4.63. The van der Waals surface area contributed by atoms with Crippen LogP contribution < -0.4 is 15.8 Å². The van der Waals surface area contributed by atoms with Crippen LogP contribution in [0.25, 0.3) is 10.8 Å². The summed E-state index contributed by atoms with van der Waals surface area (Å²) in [7, 11) is 0. The minimum absolute atomic E-state index is 0.0452. The topological polar surface area (TPSA) is 112 Å². The third-order valence-electron chi connectivity index (χ3n) is 7.08. The molecule has 2 unspecified atom stereocenters. The van der Waals surface area contributed by atoms with Crippen LogP contribution in [0.1, 0.15) is 81.0 Å². The molecule has 178 valence electrons. The first-order valence-corrected chi connectivity index (χ1v) is 11.8. The number of fused-ring (bicyclic) bond motifs is 2. The van der Waals surface area contributed by atoms with E-state index in [4.69, 9.17) is 20.2 Å². The van der Waals surface area contributed by atoms with Crippen LogP contribution in [-0.2, 0) is 4.74 Å². The van der Waals surface area contributed by atoms with E-state index in [1.165, 1.54) is 0 Å². The van der Waals surface area contributed by atoms with Crippen molar-refractivity contribution in [1.82, 2.24) is 15.0 Å². The van der Waals surface area contributed by atoms with Crippen LogP contribution in [0.3, 0.4) is 0 Å². The van der Waals surface area contributed by atoms with Crippen molar-refractivity contribution in [3.63, 3.8) is 0 Å². The van der Waals surface area contributed by atoms with Crippen molar-refractivity contribution >= 4 is 28.4 Å². The first-order valence-electron chi connectivity index (χ1n) is 11.8. The molecule has 4 heterocycles. The van der Waals surface area contributed by atoms with E-state index < -0.39 is 5.60 Å². The second kappa shape index (κ2) is 8.20. The van der Waals surface area contributed by atoms with Gasteiger partial charge in [-0.25, -0.2) is 19.7 Å². The molecule has 2 atom stereocenters. The van der Waals surface area contributed by atoms with Crippen LogP contribution in [0.4, 0.5) is 11.6 Å². The molecule has 0 bridgehead atoms. The van der Waals surface area contributed by atoms with Crippen molar-refractivity contribution in [2.75, 3.05) is 5.32 Å². The number of carbonyl (C=O) groups is 1. The molecule has 0 aromatic carbocycles. The van der Waals surface area contributed by atoms with E-state index in [1.807, 2.05) is 33.8 Å². The number of aromatic nitrogens is 3. The molecule has 8 nitrogen and oxygen atoms in total. The van der Waals surface area contributed by atoms with E-state index in [-0.39, 0.29) is 24.0 Å². The molecule has 1 aliphatic carbocycles. The van der Waals surface area contributed by atoms with Gasteiger partial charge >= 0.3 is 5.97 Å². The average molecular weight is 462 g/mol. The van der Waals surface area contributed by atoms with E-state index in [0.29, 0.717) is 29.0 Å². The lowest BCUT2D eigenvalue weighted by Gasteiger charge is -2.36. The Hall–Kier alpha value is -3.26. The van der Waals surface area contributed by atoms with Crippen LogP contribution in [-0.4, -0.2) is 32.6 Å². The molecule has 0 saturated heterocycles. The zero-order valence-corrected chi connectivity index (χ0v) is 20.3. The molecule has 0 amide bonds. The Morgan fingerprint density at radius 3 is 2.62 bits per heavy atom. The van der Waals surface area contributed by atoms with Crippen LogP contribution in [0.15, 0.2) is 30.6 Å². The molecule has 1 fully saturated rings. The minimum atomic E-state index is -0.620. The van der Waals surface area contributed by atoms with Crippen molar-refractivity contribution < 1.29 is 14.3 Å². The zero-order chi connectivity index (χ0) is 24.2. The van der Waals surface area contributed by atoms with Crippen molar-refractivity contribution in [2.45, 2.75) is 71.1 Å². The monoisotopic (exact) mass is 461 g/mol. The predicted octanol–water partition coefficient (Wildman–Crippen LogP) is 5.02. The van der Waals surface area contributed by atoms with Crippen molar-refractivity contribution in [1.29, 1.82) is 0 Å². The Kier molecular flexibility index (Phi) is 5.43. The maximum Gasteiger partial charge on any atom is 0.340 e. The molecule has 34 heavy (non-hydrogen) atoms. The summed E-state index contributed by atoms with van der Waals surface area (Å²) < 4.78 is 11.7. The molecule has 1 saturated carbocycles. The SMILES string of the molecule is CC1CC(Oc2ncc(C(C)N)c3cc(Nc4ccc5c(n4)C(C)C(C)(C)OC5=O)ncc23)C1. The highest BCUT2D eigenvalue weighted by atomic mass is 16.6. The molecule has 0 radical (unpaired) electrons. The van der Waals surface area contributed by atoms with Crippen molar-refractivity contribution in [3.8, 4) is 5.88 Å². The minimum Gasteiger partial charge on any atom is -0.474 e. The second-order valence-corrected chi connectivity index (χ2v) is 10.2. The van der Waals surface area contributed by atoms with Gasteiger partial charge in [0.25, 0.3) is 0 Å². The zero-order valence-electron chi connectivity index (χ0n) is 20.3. The van der Waals surface area contributed by atoms with Crippen LogP contribution in [0.5, 0.6) is 5.88 Å². The highest BCUT2D eigenvalue weighted by molar-refractivity contribution is 5.93. The van der Waals surface area contributed by atoms with E-state index in [1.54, 1.807) is 24.5 Å². The third kappa shape index (κ3) is 3.96. The normalized spacial score (nSPS) is 24.1. The molecule has 1 aliphatic heterocycles. The van der Waals surface area contributed by atoms with Crippen LogP contribution >= 0.6 is 0 Å². The quantitative estimate of drug-likeness (QED) is 0.510. The molecule has 2 aliphatic rings. The van der Waals surface area contributed by atoms with Gasteiger partial charge in [0.1, 0.15) is 23.3 Å². The van der Waals surface area contributed by atoms with Crippen LogP contribution in [0.2, 0.25) is 0 Å². The summed E-state index contributed by atoms with van der Waals surface area (Å²) in [5, 5.41) is 5.08. The highest BCUT2D eigenvalue weighted by Crippen LogP contribution is 2.38. The number of carbonyl (C=O) groups excluding carboxylic acids is 1. The summed E-state index contributed by atoms with van der Waals surface area (Å²) in [6.45, 7) is 9.98. The number of anilines is 2. The number of nitrogens with two attached hydrogens (primary N) is 1. The molecule has 5 rings (SSSR count). The number of hydrogen-bond acceptors (Lipinski definition) is 8. The van der Waals surface area contributed by atoms with Gasteiger partial charge < -0.3 is 20.5 Å². The number of cyclic esters (lactones) is 1. The summed E-state index contributed by atoms with van der Waals surface area (Å²) in [6, 6.07) is 5.28. The molecule has 3 aromatic heterocycles. The maximum absolute atomic E-state index is 12.4. The molecule has 3 N–H and O–H groups in total. The average Bonchev–Trinajstić information content (AvgIpc) is 2.76. The number of rotatable bonds is 5. The predicted molar refractivity (Wildman–Crippen MR) is 130 cm³/mol. The lowest BCUT2D eigenvalue weighted by atomic mass is 9.84. The number of pyridine rings is 3. The standard InChI is InChI=1S/C26H31N5O3/c1-13-8-16(9-13)33-24-20-12-28-22(10-18(20)19(11-29-24)15(3)27)30-21-7-6-17-23(31-21)14(2)26(4,5)34-25(17)32/h6-7,10-16H,8-9,27H2,1-5H3,(H,28,30,31). The fourth-order valence-corrected chi connectivity index (χ4v) is 4.63. The number of hydrogen-bond donors (Lipinski definition) is 2. The van der Waals surface area contributed by atoms with Crippen LogP contribution in [0, 0.1) is 5.92 Å². The lowest BCUT2D eigenvalue weighted by Crippen LogP contribution is -2.39. The summed E-state index contributed by atoms with van der Waals surface area (Å²) in [5.41, 5.74) is 7.77. The first-order chi connectivity index (χ1) is 16.1. The van der Waals surface area contributed by atoms with E-state index >= 15 is 0 Å². The van der Waals surface area contributed by atoms with Gasteiger partial charge in [0.05, 0.1) is 16.6 Å². The third-order valence-corrected chi connectivity index (χ3v) is 7.08. The number of nitrogens with zero attached hydrogens (tertiary/aromatic N) is 3. The summed E-state index contributed by atoms with van der Waals surface area (Å²) in [5.74, 6) is 2.13. The Labute approximate surface area is 199 Å². The van der Waals surface area contributed by atoms with Gasteiger partial charge in [-0.3, -0.25) is 0 Å². The van der Waals surface area contributed by atoms with Gasteiger partial charge in [-0.2, -0.15) is 0 Å². The molecule has 3 aromatic rings. The van der Waals surface area contributed by atoms with E-state index in [2.05, 4.69) is 22.2 Å². The first kappa shape index (κ1) is 22.5. The van der Waals surface area contributed by atoms with Crippen molar-refractivity contribution in [3.05, 3.63) is 47.4 Å². The smallest absolute Gasteiger partial charge is 0.340 e. The summed E-state index contributed by atoms with van der Waals surface area (Å²) in [4.78, 5) is 26.3. The number of ether oxygens (including phenoxy) is 2. The van der Waals surface area contributed by atoms with Gasteiger partial charge in [-0.05, 0) is 68.7 Å². The number of nitrogens with one attached hydrogen (secondary N) is 1. The second-order valence-electron chi connectivity index (χ2n) is 10.2. The largest absolute Gasteiger partial charge is 0.474 e. The Balaban J connectivity index is 1.48. The molecular weight excluding hydrogens is 430 g/mol. The molecule has 0 spiro atoms. The highest BCUT2D eigenvalue weighted by Gasteiger charge is 2.40. The van der Waals surface area contributed by atoms with Crippen molar-refractivity contribution in [2.24, 2.45) is 11.7 Å². The van der Waals surface area contributed by atoms with E-state index in [9.17, 15) is 4.79 Å². The van der Waals surface area contributed by atoms with Gasteiger partial charge in [0.2, 0.25) is 5.88 Å². The maximum atomic E-state index is 12.4. The Morgan fingerprint density at radius 2 is 1.91 bits per heavy atom. The molecular formula is C26H31N5O3. The Bertz CT molecular complexity index is 1270. The lowest BCUT2D eigenvalue weighted by molar-refractivity contribution is -0.0189.